The third-order valence-corrected chi connectivity index (χ3v) is 2.76. The molecule has 2 aromatic rings. The first-order valence-corrected chi connectivity index (χ1v) is 5.68. The van der Waals surface area contributed by atoms with E-state index in [1.807, 2.05) is 6.92 Å². The van der Waals surface area contributed by atoms with Gasteiger partial charge >= 0.3 is 0 Å². The molecule has 0 fully saturated rings. The van der Waals surface area contributed by atoms with Gasteiger partial charge in [-0.25, -0.2) is 4.39 Å². The Labute approximate surface area is 101 Å². The molecule has 0 saturated carbocycles. The third kappa shape index (κ3) is 2.18. The Morgan fingerprint density at radius 1 is 1.31 bits per heavy atom. The standard InChI is InChI=1S/C12H11BrFNO/c1-7(15)11-4-5-12(16-11)9-6-8(13)2-3-10(9)14/h2-7H,15H2,1H3. The Kier molecular flexibility index (Phi) is 3.12. The molecule has 0 aliphatic heterocycles. The van der Waals surface area contributed by atoms with Gasteiger partial charge in [0, 0.05) is 4.47 Å². The minimum Gasteiger partial charge on any atom is -0.459 e. The van der Waals surface area contributed by atoms with Crippen LogP contribution in [0, 0.1) is 5.82 Å². The summed E-state index contributed by atoms with van der Waals surface area (Å²) in [5, 5.41) is 0. The summed E-state index contributed by atoms with van der Waals surface area (Å²) in [6.45, 7) is 1.82. The highest BCUT2D eigenvalue weighted by Crippen LogP contribution is 2.29. The minimum absolute atomic E-state index is 0.191. The number of benzene rings is 1. The molecular formula is C12H11BrFNO. The van der Waals surface area contributed by atoms with Gasteiger partial charge in [-0.05, 0) is 37.3 Å². The molecule has 2 nitrogen and oxygen atoms in total. The van der Waals surface area contributed by atoms with Crippen molar-refractivity contribution in [3.05, 3.63) is 46.4 Å². The number of rotatable bonds is 2. The minimum atomic E-state index is -0.311. The van der Waals surface area contributed by atoms with E-state index in [2.05, 4.69) is 15.9 Å². The molecule has 16 heavy (non-hydrogen) atoms. The molecule has 0 saturated heterocycles. The van der Waals surface area contributed by atoms with E-state index in [1.165, 1.54) is 6.07 Å². The molecule has 4 heteroatoms. The van der Waals surface area contributed by atoms with Gasteiger partial charge in [0.25, 0.3) is 0 Å². The van der Waals surface area contributed by atoms with Crippen LogP contribution in [0.15, 0.2) is 39.2 Å². The average Bonchev–Trinajstić information content (AvgIpc) is 2.70. The average molecular weight is 284 g/mol. The monoisotopic (exact) mass is 283 g/mol. The summed E-state index contributed by atoms with van der Waals surface area (Å²) in [6.07, 6.45) is 0. The highest BCUT2D eigenvalue weighted by atomic mass is 79.9. The fourth-order valence-electron chi connectivity index (χ4n) is 1.43. The summed E-state index contributed by atoms with van der Waals surface area (Å²) in [4.78, 5) is 0. The van der Waals surface area contributed by atoms with Crippen LogP contribution in [-0.2, 0) is 0 Å². The van der Waals surface area contributed by atoms with Gasteiger partial charge in [-0.15, -0.1) is 0 Å². The maximum Gasteiger partial charge on any atom is 0.137 e. The summed E-state index contributed by atoms with van der Waals surface area (Å²) in [6, 6.07) is 8.02. The lowest BCUT2D eigenvalue weighted by Gasteiger charge is -2.02. The molecule has 1 aromatic heterocycles. The molecule has 2 N–H and O–H groups in total. The second-order valence-corrected chi connectivity index (χ2v) is 4.53. The molecule has 0 aliphatic carbocycles. The predicted octanol–water partition coefficient (Wildman–Crippen LogP) is 3.87. The molecule has 1 heterocycles. The van der Waals surface area contributed by atoms with Crippen molar-refractivity contribution in [1.29, 1.82) is 0 Å². The Morgan fingerprint density at radius 2 is 2.06 bits per heavy atom. The Morgan fingerprint density at radius 3 is 2.69 bits per heavy atom. The molecule has 0 radical (unpaired) electrons. The number of furan rings is 1. The van der Waals surface area contributed by atoms with E-state index >= 15 is 0 Å². The maximum atomic E-state index is 13.6. The van der Waals surface area contributed by atoms with Gasteiger partial charge in [-0.3, -0.25) is 0 Å². The lowest BCUT2D eigenvalue weighted by atomic mass is 10.1. The van der Waals surface area contributed by atoms with Crippen molar-refractivity contribution in [2.45, 2.75) is 13.0 Å². The van der Waals surface area contributed by atoms with Crippen LogP contribution in [0.4, 0.5) is 4.39 Å². The highest BCUT2D eigenvalue weighted by molar-refractivity contribution is 9.10. The van der Waals surface area contributed by atoms with Crippen molar-refractivity contribution in [3.8, 4) is 11.3 Å². The summed E-state index contributed by atoms with van der Waals surface area (Å²) in [5.74, 6) is 0.828. The topological polar surface area (TPSA) is 39.2 Å². The van der Waals surface area contributed by atoms with E-state index in [-0.39, 0.29) is 11.9 Å². The Balaban J connectivity index is 2.46. The summed E-state index contributed by atoms with van der Waals surface area (Å²) >= 11 is 3.30. The van der Waals surface area contributed by atoms with Crippen molar-refractivity contribution < 1.29 is 8.81 Å². The van der Waals surface area contributed by atoms with Gasteiger partial charge in [0.05, 0.1) is 11.6 Å². The first kappa shape index (κ1) is 11.4. The Hall–Kier alpha value is -1.13. The number of hydrogen-bond donors (Lipinski definition) is 1. The van der Waals surface area contributed by atoms with Gasteiger partial charge in [0.2, 0.25) is 0 Å². The normalized spacial score (nSPS) is 12.8. The first-order valence-electron chi connectivity index (χ1n) is 4.88. The number of hydrogen-bond acceptors (Lipinski definition) is 2. The van der Waals surface area contributed by atoms with Crippen LogP contribution in [0.2, 0.25) is 0 Å². The molecule has 84 valence electrons. The molecule has 0 spiro atoms. The van der Waals surface area contributed by atoms with Crippen LogP contribution in [-0.4, -0.2) is 0 Å². The molecule has 0 bridgehead atoms. The summed E-state index contributed by atoms with van der Waals surface area (Å²) in [7, 11) is 0. The summed E-state index contributed by atoms with van der Waals surface area (Å²) < 4.78 is 19.8. The smallest absolute Gasteiger partial charge is 0.137 e. The van der Waals surface area contributed by atoms with Crippen LogP contribution in [0.25, 0.3) is 11.3 Å². The van der Waals surface area contributed by atoms with Crippen molar-refractivity contribution in [3.63, 3.8) is 0 Å². The largest absolute Gasteiger partial charge is 0.459 e. The van der Waals surface area contributed by atoms with Crippen molar-refractivity contribution >= 4 is 15.9 Å². The predicted molar refractivity (Wildman–Crippen MR) is 64.4 cm³/mol. The quantitative estimate of drug-likeness (QED) is 0.909. The van der Waals surface area contributed by atoms with Gasteiger partial charge in [0.1, 0.15) is 17.3 Å². The van der Waals surface area contributed by atoms with E-state index in [4.69, 9.17) is 10.2 Å². The Bertz CT molecular complexity index is 507. The molecule has 1 unspecified atom stereocenters. The lowest BCUT2D eigenvalue weighted by molar-refractivity contribution is 0.487. The molecule has 2 rings (SSSR count). The second-order valence-electron chi connectivity index (χ2n) is 3.61. The number of halogens is 2. The van der Waals surface area contributed by atoms with Crippen molar-refractivity contribution in [2.24, 2.45) is 5.73 Å². The van der Waals surface area contributed by atoms with Crippen LogP contribution in [0.5, 0.6) is 0 Å². The molecule has 1 atom stereocenters. The lowest BCUT2D eigenvalue weighted by Crippen LogP contribution is -2.02. The van der Waals surface area contributed by atoms with Crippen LogP contribution in [0.3, 0.4) is 0 Å². The fourth-order valence-corrected chi connectivity index (χ4v) is 1.79. The zero-order valence-electron chi connectivity index (χ0n) is 8.71. The van der Waals surface area contributed by atoms with E-state index in [9.17, 15) is 4.39 Å². The van der Waals surface area contributed by atoms with Gasteiger partial charge in [-0.2, -0.15) is 0 Å². The zero-order chi connectivity index (χ0) is 11.7. The maximum absolute atomic E-state index is 13.6. The van der Waals surface area contributed by atoms with Gasteiger partial charge in [-0.1, -0.05) is 15.9 Å². The summed E-state index contributed by atoms with van der Waals surface area (Å²) in [5.41, 5.74) is 6.11. The van der Waals surface area contributed by atoms with E-state index in [1.54, 1.807) is 24.3 Å². The highest BCUT2D eigenvalue weighted by Gasteiger charge is 2.11. The van der Waals surface area contributed by atoms with Crippen LogP contribution >= 0.6 is 15.9 Å². The van der Waals surface area contributed by atoms with Gasteiger partial charge < -0.3 is 10.2 Å². The fraction of sp³-hybridized carbons (Fsp3) is 0.167. The zero-order valence-corrected chi connectivity index (χ0v) is 10.3. The van der Waals surface area contributed by atoms with Crippen molar-refractivity contribution in [1.82, 2.24) is 0 Å². The van der Waals surface area contributed by atoms with Crippen molar-refractivity contribution in [2.75, 3.05) is 0 Å². The first-order chi connectivity index (χ1) is 7.58. The van der Waals surface area contributed by atoms with Crippen LogP contribution < -0.4 is 5.73 Å². The van der Waals surface area contributed by atoms with E-state index < -0.39 is 0 Å². The number of nitrogens with two attached hydrogens (primary N) is 1. The third-order valence-electron chi connectivity index (χ3n) is 2.27. The van der Waals surface area contributed by atoms with E-state index in [0.29, 0.717) is 17.1 Å². The van der Waals surface area contributed by atoms with E-state index in [0.717, 1.165) is 4.47 Å². The SMILES string of the molecule is CC(N)c1ccc(-c2cc(Br)ccc2F)o1. The van der Waals surface area contributed by atoms with Gasteiger partial charge in [0.15, 0.2) is 0 Å². The molecule has 1 aromatic carbocycles. The van der Waals surface area contributed by atoms with Crippen LogP contribution in [0.1, 0.15) is 18.7 Å². The molecule has 0 aliphatic rings. The molecular weight excluding hydrogens is 273 g/mol. The second kappa shape index (κ2) is 4.39. The molecule has 0 amide bonds.